The van der Waals surface area contributed by atoms with Gasteiger partial charge in [-0.05, 0) is 25.1 Å². The fourth-order valence-corrected chi connectivity index (χ4v) is 1.14. The second-order valence-corrected chi connectivity index (χ2v) is 4.69. The van der Waals surface area contributed by atoms with Crippen LogP contribution in [0.25, 0.3) is 0 Å². The SMILES string of the molecule is C[B]C(COC(C)C)C(C)(C)C. The van der Waals surface area contributed by atoms with Gasteiger partial charge in [-0.25, -0.2) is 0 Å². The lowest BCUT2D eigenvalue weighted by Gasteiger charge is -2.30. The van der Waals surface area contributed by atoms with Crippen molar-refractivity contribution < 1.29 is 4.74 Å². The minimum absolute atomic E-state index is 0.323. The standard InChI is InChI=1S/C10H22BO/c1-8(2)12-7-9(11-6)10(3,4)5/h8-9H,7H2,1-6H3. The molecule has 0 aromatic rings. The van der Waals surface area contributed by atoms with E-state index in [1.807, 2.05) is 0 Å². The molecule has 0 fully saturated rings. The Morgan fingerprint density at radius 2 is 1.75 bits per heavy atom. The van der Waals surface area contributed by atoms with Gasteiger partial charge in [-0.1, -0.05) is 27.6 Å². The molecule has 0 N–H and O–H groups in total. The van der Waals surface area contributed by atoms with Crippen LogP contribution in [0.4, 0.5) is 0 Å². The lowest BCUT2D eigenvalue weighted by Crippen LogP contribution is -2.25. The first-order chi connectivity index (χ1) is 5.38. The smallest absolute Gasteiger partial charge is 0.113 e. The van der Waals surface area contributed by atoms with Gasteiger partial charge in [0.2, 0.25) is 0 Å². The Bertz CT molecular complexity index is 115. The minimum Gasteiger partial charge on any atom is -0.379 e. The van der Waals surface area contributed by atoms with Gasteiger partial charge in [0.1, 0.15) is 7.28 Å². The van der Waals surface area contributed by atoms with Gasteiger partial charge in [-0.2, -0.15) is 0 Å². The molecule has 0 saturated carbocycles. The molecule has 1 atom stereocenters. The maximum absolute atomic E-state index is 5.59. The summed E-state index contributed by atoms with van der Waals surface area (Å²) in [6.45, 7) is 13.9. The van der Waals surface area contributed by atoms with E-state index >= 15 is 0 Å². The molecule has 1 nitrogen and oxygen atoms in total. The molecule has 1 unspecified atom stereocenters. The first-order valence-corrected chi connectivity index (χ1v) is 4.79. The molecule has 0 aromatic heterocycles. The lowest BCUT2D eigenvalue weighted by atomic mass is 9.56. The van der Waals surface area contributed by atoms with Crippen molar-refractivity contribution in [3.8, 4) is 0 Å². The fraction of sp³-hybridized carbons (Fsp3) is 1.00. The number of rotatable bonds is 4. The van der Waals surface area contributed by atoms with Crippen molar-refractivity contribution in [1.82, 2.24) is 0 Å². The maximum Gasteiger partial charge on any atom is 0.113 e. The maximum atomic E-state index is 5.59. The average Bonchev–Trinajstić information content (AvgIpc) is 1.85. The first kappa shape index (κ1) is 12.0. The zero-order valence-corrected chi connectivity index (χ0v) is 9.35. The van der Waals surface area contributed by atoms with Gasteiger partial charge in [0.25, 0.3) is 0 Å². The molecule has 1 radical (unpaired) electrons. The number of hydrogen-bond donors (Lipinski definition) is 0. The van der Waals surface area contributed by atoms with Crippen LogP contribution >= 0.6 is 0 Å². The molecule has 0 aromatic carbocycles. The second kappa shape index (κ2) is 4.91. The van der Waals surface area contributed by atoms with Crippen molar-refractivity contribution in [1.29, 1.82) is 0 Å². The van der Waals surface area contributed by atoms with Crippen LogP contribution in [0.3, 0.4) is 0 Å². The van der Waals surface area contributed by atoms with Crippen LogP contribution in [0.15, 0.2) is 0 Å². The molecule has 0 bridgehead atoms. The van der Waals surface area contributed by atoms with E-state index in [1.54, 1.807) is 0 Å². The Morgan fingerprint density at radius 3 is 2.00 bits per heavy atom. The van der Waals surface area contributed by atoms with Gasteiger partial charge < -0.3 is 4.74 Å². The van der Waals surface area contributed by atoms with Gasteiger partial charge in [0, 0.05) is 6.61 Å². The van der Waals surface area contributed by atoms with E-state index in [9.17, 15) is 0 Å². The molecular weight excluding hydrogens is 147 g/mol. The minimum atomic E-state index is 0.323. The third kappa shape index (κ3) is 4.81. The van der Waals surface area contributed by atoms with Gasteiger partial charge in [0.15, 0.2) is 0 Å². The molecule has 0 amide bonds. The number of hydrogen-bond acceptors (Lipinski definition) is 1. The summed E-state index contributed by atoms with van der Waals surface area (Å²) in [5, 5.41) is 0. The predicted octanol–water partition coefficient (Wildman–Crippen LogP) is 3.00. The third-order valence-corrected chi connectivity index (χ3v) is 2.12. The molecule has 2 heteroatoms. The van der Waals surface area contributed by atoms with Crippen LogP contribution in [0.5, 0.6) is 0 Å². The Kier molecular flexibility index (Phi) is 4.92. The molecular formula is C10H22BO. The van der Waals surface area contributed by atoms with E-state index in [-0.39, 0.29) is 0 Å². The molecule has 12 heavy (non-hydrogen) atoms. The predicted molar refractivity (Wildman–Crippen MR) is 55.9 cm³/mol. The quantitative estimate of drug-likeness (QED) is 0.588. The van der Waals surface area contributed by atoms with Gasteiger partial charge in [-0.15, -0.1) is 0 Å². The summed E-state index contributed by atoms with van der Waals surface area (Å²) < 4.78 is 5.59. The van der Waals surface area contributed by atoms with Crippen LogP contribution < -0.4 is 0 Å². The number of ether oxygens (including phenoxy) is 1. The summed E-state index contributed by atoms with van der Waals surface area (Å²) in [6.07, 6.45) is 0.342. The van der Waals surface area contributed by atoms with Crippen LogP contribution in [-0.4, -0.2) is 20.0 Å². The molecule has 0 aliphatic carbocycles. The Morgan fingerprint density at radius 1 is 1.25 bits per heavy atom. The van der Waals surface area contributed by atoms with Crippen molar-refractivity contribution in [3.63, 3.8) is 0 Å². The van der Waals surface area contributed by atoms with Gasteiger partial charge >= 0.3 is 0 Å². The van der Waals surface area contributed by atoms with Crippen molar-refractivity contribution in [2.75, 3.05) is 6.61 Å². The van der Waals surface area contributed by atoms with Crippen LogP contribution in [-0.2, 0) is 4.74 Å². The summed E-state index contributed by atoms with van der Waals surface area (Å²) in [7, 11) is 2.24. The van der Waals surface area contributed by atoms with E-state index in [0.29, 0.717) is 17.3 Å². The van der Waals surface area contributed by atoms with Crippen LogP contribution in [0, 0.1) is 5.41 Å². The summed E-state index contributed by atoms with van der Waals surface area (Å²) in [5.74, 6) is 0.555. The van der Waals surface area contributed by atoms with Crippen LogP contribution in [0.2, 0.25) is 12.6 Å². The monoisotopic (exact) mass is 169 g/mol. The largest absolute Gasteiger partial charge is 0.379 e. The zero-order chi connectivity index (χ0) is 9.78. The summed E-state index contributed by atoms with van der Waals surface area (Å²) >= 11 is 0. The lowest BCUT2D eigenvalue weighted by molar-refractivity contribution is 0.0605. The van der Waals surface area contributed by atoms with E-state index < -0.39 is 0 Å². The summed E-state index contributed by atoms with van der Waals surface area (Å²) in [6, 6.07) is 0. The van der Waals surface area contributed by atoms with Gasteiger partial charge in [-0.3, -0.25) is 0 Å². The van der Waals surface area contributed by atoms with Crippen LogP contribution in [0.1, 0.15) is 34.6 Å². The van der Waals surface area contributed by atoms with Crippen molar-refractivity contribution >= 4 is 7.28 Å². The van der Waals surface area contributed by atoms with E-state index in [4.69, 9.17) is 4.74 Å². The Hall–Kier alpha value is 0.0249. The molecule has 0 saturated heterocycles. The van der Waals surface area contributed by atoms with E-state index in [2.05, 4.69) is 48.7 Å². The fourth-order valence-electron chi connectivity index (χ4n) is 1.14. The van der Waals surface area contributed by atoms with E-state index in [1.165, 1.54) is 0 Å². The third-order valence-electron chi connectivity index (χ3n) is 2.12. The normalized spacial score (nSPS) is 14.9. The Balaban J connectivity index is 3.84. The highest BCUT2D eigenvalue weighted by molar-refractivity contribution is 6.36. The highest BCUT2D eigenvalue weighted by Gasteiger charge is 2.23. The molecule has 0 spiro atoms. The molecule has 0 heterocycles. The molecule has 71 valence electrons. The second-order valence-electron chi connectivity index (χ2n) is 4.69. The van der Waals surface area contributed by atoms with Crippen molar-refractivity contribution in [2.24, 2.45) is 5.41 Å². The molecule has 0 aliphatic rings. The molecule has 0 rings (SSSR count). The summed E-state index contributed by atoms with van der Waals surface area (Å²) in [5.41, 5.74) is 0.323. The highest BCUT2D eigenvalue weighted by Crippen LogP contribution is 2.30. The Labute approximate surface area is 78.1 Å². The summed E-state index contributed by atoms with van der Waals surface area (Å²) in [4.78, 5) is 0. The van der Waals surface area contributed by atoms with E-state index in [0.717, 1.165) is 6.61 Å². The topological polar surface area (TPSA) is 9.23 Å². The molecule has 0 aliphatic heterocycles. The van der Waals surface area contributed by atoms with Crippen molar-refractivity contribution in [2.45, 2.75) is 53.4 Å². The zero-order valence-electron chi connectivity index (χ0n) is 9.35. The first-order valence-electron chi connectivity index (χ1n) is 4.79. The average molecular weight is 169 g/mol. The van der Waals surface area contributed by atoms with Gasteiger partial charge in [0.05, 0.1) is 6.10 Å². The highest BCUT2D eigenvalue weighted by atomic mass is 16.5. The van der Waals surface area contributed by atoms with Crippen molar-refractivity contribution in [3.05, 3.63) is 0 Å².